The number of amides is 2. The molecule has 1 saturated heterocycles. The normalized spacial score (nSPS) is 20.2. The summed E-state index contributed by atoms with van der Waals surface area (Å²) >= 11 is 0. The molecule has 2 amide bonds. The lowest BCUT2D eigenvalue weighted by atomic mass is 9.97. The van der Waals surface area contributed by atoms with Crippen LogP contribution in [0.5, 0.6) is 0 Å². The summed E-state index contributed by atoms with van der Waals surface area (Å²) in [5.74, 6) is 2.57. The van der Waals surface area contributed by atoms with E-state index in [1.807, 2.05) is 42.3 Å². The van der Waals surface area contributed by atoms with Crippen molar-refractivity contribution < 1.29 is 4.79 Å². The van der Waals surface area contributed by atoms with Crippen molar-refractivity contribution in [3.63, 3.8) is 0 Å². The van der Waals surface area contributed by atoms with Gasteiger partial charge in [0.05, 0.1) is 16.7 Å². The number of fused-ring (bicyclic) bond motifs is 1. The fourth-order valence-corrected chi connectivity index (χ4v) is 3.92. The lowest BCUT2D eigenvalue weighted by Gasteiger charge is -2.31. The van der Waals surface area contributed by atoms with Crippen molar-refractivity contribution in [3.05, 3.63) is 41.9 Å². The Balaban J connectivity index is 1.29. The van der Waals surface area contributed by atoms with Crippen molar-refractivity contribution in [2.45, 2.75) is 37.5 Å². The van der Waals surface area contributed by atoms with Crippen LogP contribution in [0.1, 0.15) is 49.0 Å². The van der Waals surface area contributed by atoms with Crippen LogP contribution in [-0.4, -0.2) is 43.8 Å². The highest BCUT2D eigenvalue weighted by atomic mass is 16.2. The number of hydrogen-bond donors (Lipinski definition) is 2. The van der Waals surface area contributed by atoms with Gasteiger partial charge in [-0.1, -0.05) is 12.1 Å². The first-order chi connectivity index (χ1) is 13.2. The van der Waals surface area contributed by atoms with E-state index in [1.54, 1.807) is 4.68 Å². The highest BCUT2D eigenvalue weighted by Crippen LogP contribution is 2.40. The minimum absolute atomic E-state index is 0.0545. The molecule has 0 spiro atoms. The van der Waals surface area contributed by atoms with Crippen molar-refractivity contribution in [1.82, 2.24) is 24.6 Å². The maximum absolute atomic E-state index is 12.8. The van der Waals surface area contributed by atoms with Gasteiger partial charge < -0.3 is 9.88 Å². The molecule has 140 valence electrons. The van der Waals surface area contributed by atoms with Gasteiger partial charge in [0.1, 0.15) is 11.6 Å². The third-order valence-electron chi connectivity index (χ3n) is 5.63. The number of rotatable bonds is 3. The molecule has 1 aliphatic carbocycles. The Kier molecular flexibility index (Phi) is 3.88. The topological polar surface area (TPSA) is 78.8 Å². The predicted molar refractivity (Wildman–Crippen MR) is 104 cm³/mol. The van der Waals surface area contributed by atoms with Gasteiger partial charge in [-0.25, -0.2) is 9.78 Å². The van der Waals surface area contributed by atoms with Crippen molar-refractivity contribution in [3.8, 4) is 0 Å². The van der Waals surface area contributed by atoms with Crippen molar-refractivity contribution in [2.24, 2.45) is 7.05 Å². The zero-order valence-corrected chi connectivity index (χ0v) is 15.5. The average molecular weight is 364 g/mol. The number of piperidine rings is 1. The maximum atomic E-state index is 12.8. The molecule has 2 fully saturated rings. The molecule has 1 unspecified atom stereocenters. The SMILES string of the molecule is Cn1nc(C2CC2)cc1NC(=O)N1CCCC(c2nc3ccccc3[nH]2)C1. The lowest BCUT2D eigenvalue weighted by molar-refractivity contribution is 0.191. The first-order valence-electron chi connectivity index (χ1n) is 9.72. The summed E-state index contributed by atoms with van der Waals surface area (Å²) in [6, 6.07) is 10.0. The number of urea groups is 1. The number of carbonyl (C=O) groups is 1. The molecule has 5 rings (SSSR count). The molecule has 2 aliphatic rings. The Morgan fingerprint density at radius 3 is 2.89 bits per heavy atom. The van der Waals surface area contributed by atoms with E-state index in [1.165, 1.54) is 12.8 Å². The fourth-order valence-electron chi connectivity index (χ4n) is 3.92. The third kappa shape index (κ3) is 3.18. The minimum atomic E-state index is -0.0545. The molecular formula is C20H24N6O. The number of para-hydroxylation sites is 2. The molecule has 2 N–H and O–H groups in total. The van der Waals surface area contributed by atoms with E-state index < -0.39 is 0 Å². The Bertz CT molecular complexity index is 952. The molecular weight excluding hydrogens is 340 g/mol. The Hall–Kier alpha value is -2.83. The molecule has 7 nitrogen and oxygen atoms in total. The number of aryl methyl sites for hydroxylation is 1. The molecule has 1 aliphatic heterocycles. The van der Waals surface area contributed by atoms with E-state index in [-0.39, 0.29) is 11.9 Å². The lowest BCUT2D eigenvalue weighted by Crippen LogP contribution is -2.42. The summed E-state index contributed by atoms with van der Waals surface area (Å²) in [6.45, 7) is 1.45. The summed E-state index contributed by atoms with van der Waals surface area (Å²) < 4.78 is 1.77. The zero-order valence-electron chi connectivity index (χ0n) is 15.5. The van der Waals surface area contributed by atoms with Crippen molar-refractivity contribution in [2.75, 3.05) is 18.4 Å². The number of aromatic amines is 1. The van der Waals surface area contributed by atoms with Crippen LogP contribution < -0.4 is 5.32 Å². The van der Waals surface area contributed by atoms with Crippen LogP contribution in [0, 0.1) is 0 Å². The largest absolute Gasteiger partial charge is 0.342 e. The number of nitrogens with one attached hydrogen (secondary N) is 2. The second-order valence-electron chi connectivity index (χ2n) is 7.71. The van der Waals surface area contributed by atoms with E-state index in [0.717, 1.165) is 47.8 Å². The highest BCUT2D eigenvalue weighted by Gasteiger charge is 2.29. The van der Waals surface area contributed by atoms with Gasteiger partial charge in [-0.05, 0) is 37.8 Å². The molecule has 1 saturated carbocycles. The summed E-state index contributed by atoms with van der Waals surface area (Å²) in [5, 5.41) is 7.56. The second kappa shape index (κ2) is 6.40. The second-order valence-corrected chi connectivity index (χ2v) is 7.71. The molecule has 0 radical (unpaired) electrons. The van der Waals surface area contributed by atoms with Crippen LogP contribution in [0.15, 0.2) is 30.3 Å². The third-order valence-corrected chi connectivity index (χ3v) is 5.63. The molecule has 3 heterocycles. The molecule has 1 aromatic carbocycles. The summed E-state index contributed by atoms with van der Waals surface area (Å²) in [7, 11) is 1.88. The van der Waals surface area contributed by atoms with Gasteiger partial charge >= 0.3 is 6.03 Å². The molecule has 27 heavy (non-hydrogen) atoms. The van der Waals surface area contributed by atoms with Crippen molar-refractivity contribution in [1.29, 1.82) is 0 Å². The number of likely N-dealkylation sites (tertiary alicyclic amines) is 1. The zero-order chi connectivity index (χ0) is 18.4. The number of hydrogen-bond acceptors (Lipinski definition) is 3. The van der Waals surface area contributed by atoms with Crippen LogP contribution in [0.2, 0.25) is 0 Å². The Labute approximate surface area is 157 Å². The number of benzene rings is 1. The number of aromatic nitrogens is 4. The Morgan fingerprint density at radius 1 is 1.22 bits per heavy atom. The van der Waals surface area contributed by atoms with Crippen LogP contribution in [-0.2, 0) is 7.05 Å². The van der Waals surface area contributed by atoms with Gasteiger partial charge in [0.2, 0.25) is 0 Å². The standard InChI is InChI=1S/C20H24N6O/c1-25-18(11-17(24-25)13-8-9-13)23-20(27)26-10-4-5-14(12-26)19-21-15-6-2-3-7-16(15)22-19/h2-3,6-7,11,13-14H,4-5,8-10,12H2,1H3,(H,21,22)(H,23,27). The van der Waals surface area contributed by atoms with Gasteiger partial charge in [0.15, 0.2) is 0 Å². The summed E-state index contributed by atoms with van der Waals surface area (Å²) in [4.78, 5) is 22.9. The van der Waals surface area contributed by atoms with Crippen molar-refractivity contribution >= 4 is 22.9 Å². The first kappa shape index (κ1) is 16.4. The molecule has 1 atom stereocenters. The van der Waals surface area contributed by atoms with Crippen LogP contribution in [0.4, 0.5) is 10.6 Å². The summed E-state index contributed by atoms with van der Waals surface area (Å²) in [5.41, 5.74) is 3.12. The fraction of sp³-hybridized carbons (Fsp3) is 0.450. The first-order valence-corrected chi connectivity index (χ1v) is 9.72. The van der Waals surface area contributed by atoms with E-state index >= 15 is 0 Å². The van der Waals surface area contributed by atoms with Crippen LogP contribution >= 0.6 is 0 Å². The van der Waals surface area contributed by atoms with E-state index in [0.29, 0.717) is 12.5 Å². The maximum Gasteiger partial charge on any atom is 0.323 e. The van der Waals surface area contributed by atoms with E-state index in [9.17, 15) is 4.79 Å². The number of anilines is 1. The van der Waals surface area contributed by atoms with Gasteiger partial charge in [0.25, 0.3) is 0 Å². The highest BCUT2D eigenvalue weighted by molar-refractivity contribution is 5.88. The monoisotopic (exact) mass is 364 g/mol. The molecule has 3 aromatic rings. The minimum Gasteiger partial charge on any atom is -0.342 e. The van der Waals surface area contributed by atoms with Crippen LogP contribution in [0.25, 0.3) is 11.0 Å². The number of imidazole rings is 1. The van der Waals surface area contributed by atoms with Gasteiger partial charge in [0, 0.05) is 38.0 Å². The van der Waals surface area contributed by atoms with Crippen LogP contribution in [0.3, 0.4) is 0 Å². The van der Waals surface area contributed by atoms with Gasteiger partial charge in [-0.3, -0.25) is 10.00 Å². The average Bonchev–Trinajstić information content (AvgIpc) is 3.34. The predicted octanol–water partition coefficient (Wildman–Crippen LogP) is 3.59. The quantitative estimate of drug-likeness (QED) is 0.745. The number of nitrogens with zero attached hydrogens (tertiary/aromatic N) is 4. The molecule has 7 heteroatoms. The molecule has 0 bridgehead atoms. The van der Waals surface area contributed by atoms with E-state index in [2.05, 4.69) is 15.4 Å². The number of H-pyrrole nitrogens is 1. The smallest absolute Gasteiger partial charge is 0.323 e. The molecule has 2 aromatic heterocycles. The Morgan fingerprint density at radius 2 is 2.07 bits per heavy atom. The van der Waals surface area contributed by atoms with Gasteiger partial charge in [-0.15, -0.1) is 0 Å². The van der Waals surface area contributed by atoms with E-state index in [4.69, 9.17) is 4.98 Å². The summed E-state index contributed by atoms with van der Waals surface area (Å²) in [6.07, 6.45) is 4.43. The number of carbonyl (C=O) groups excluding carboxylic acids is 1. The van der Waals surface area contributed by atoms with Gasteiger partial charge in [-0.2, -0.15) is 5.10 Å².